The highest BCUT2D eigenvalue weighted by atomic mass is 32.2. The highest BCUT2D eigenvalue weighted by Crippen LogP contribution is 2.29. The van der Waals surface area contributed by atoms with Gasteiger partial charge in [-0.1, -0.05) is 95.2 Å². The summed E-state index contributed by atoms with van der Waals surface area (Å²) in [4.78, 5) is 19.7. The summed E-state index contributed by atoms with van der Waals surface area (Å²) in [7, 11) is -6.17. The van der Waals surface area contributed by atoms with Crippen LogP contribution < -0.4 is 0 Å². The molecular weight excluding hydrogens is 689 g/mol. The molecule has 0 spiro atoms. The number of rotatable bonds is 8. The van der Waals surface area contributed by atoms with E-state index in [0.29, 0.717) is 22.6 Å². The predicted octanol–water partition coefficient (Wildman–Crippen LogP) is 11.2. The third-order valence-electron chi connectivity index (χ3n) is 5.11. The van der Waals surface area contributed by atoms with E-state index in [0.717, 1.165) is 20.2 Å². The van der Waals surface area contributed by atoms with Crippen LogP contribution in [0.4, 0.5) is 0 Å². The van der Waals surface area contributed by atoms with Gasteiger partial charge in [0.25, 0.3) is 0 Å². The minimum absolute atomic E-state index is 0.222. The predicted molar refractivity (Wildman–Crippen MR) is 210 cm³/mol. The third-order valence-corrected chi connectivity index (χ3v) is 11.0. The molecule has 0 amide bonds. The van der Waals surface area contributed by atoms with Gasteiger partial charge in [0.05, 0.1) is 26.0 Å². The summed E-state index contributed by atoms with van der Waals surface area (Å²) in [5.41, 5.74) is 0. The van der Waals surface area contributed by atoms with Crippen molar-refractivity contribution in [2.24, 2.45) is 0 Å². The van der Waals surface area contributed by atoms with Gasteiger partial charge in [0.2, 0.25) is 0 Å². The minimum atomic E-state index is -3.10. The number of carboxylic acid groups (broad SMARTS) is 2. The lowest BCUT2D eigenvalue weighted by Crippen LogP contribution is -2.05. The second-order valence-electron chi connectivity index (χ2n) is 8.35. The first-order valence-electron chi connectivity index (χ1n) is 16.6. The van der Waals surface area contributed by atoms with Crippen molar-refractivity contribution < 1.29 is 36.6 Å². The molecule has 8 nitrogen and oxygen atoms in total. The third kappa shape index (κ3) is 21.2. The number of aliphatic carboxylic acids is 2. The first kappa shape index (κ1) is 52.0. The number of sulfone groups is 2. The van der Waals surface area contributed by atoms with Gasteiger partial charge in [0.1, 0.15) is 0 Å². The summed E-state index contributed by atoms with van der Waals surface area (Å²) in [6.45, 7) is 23.0. The van der Waals surface area contributed by atoms with E-state index in [4.69, 9.17) is 10.2 Å². The van der Waals surface area contributed by atoms with E-state index < -0.39 is 31.6 Å². The molecule has 4 rings (SSSR count). The molecule has 0 aliphatic carbocycles. The molecule has 0 radical (unpaired) electrons. The molecule has 0 unspecified atom stereocenters. The maximum absolute atomic E-state index is 12.0. The molecule has 2 heterocycles. The molecule has 4 aromatic rings. The molecule has 0 saturated heterocycles. The van der Waals surface area contributed by atoms with Crippen LogP contribution >= 0.6 is 22.7 Å². The maximum atomic E-state index is 12.0. The van der Waals surface area contributed by atoms with Crippen molar-refractivity contribution in [3.8, 4) is 0 Å². The quantitative estimate of drug-likeness (QED) is 0.181. The van der Waals surface area contributed by atoms with E-state index in [1.807, 2.05) is 104 Å². The summed E-state index contributed by atoms with van der Waals surface area (Å²) in [6.07, 6.45) is 1.76. The zero-order valence-electron chi connectivity index (χ0n) is 31.0. The largest absolute Gasteiger partial charge is 0.481 e. The average Bonchev–Trinajstić information content (AvgIpc) is 3.79. The molecule has 48 heavy (non-hydrogen) atoms. The topological polar surface area (TPSA) is 143 Å². The van der Waals surface area contributed by atoms with E-state index in [9.17, 15) is 26.4 Å². The standard InChI is InChI=1S/2C11H12O2S2.2C3H6O2.4C2H6/c1-2-7-15(12,13)10-3-4-11-9(8-10)5-6-14-11;1-2-8-15(12,13)10-5-3-4-9-6-7-14-11(9)10;2*1-2-3(4)5;4*1-2/h3-6,8H,2,7H2,1H3;3-7H,2,8H2,1H3;2*2H2,1H3,(H,4,5);4*1-2H3. The Morgan fingerprint density at radius 1 is 0.604 bits per heavy atom. The summed E-state index contributed by atoms with van der Waals surface area (Å²) in [5, 5.41) is 21.4. The lowest BCUT2D eigenvalue weighted by molar-refractivity contribution is -0.137. The van der Waals surface area contributed by atoms with Crippen molar-refractivity contribution in [1.82, 2.24) is 0 Å². The number of carbonyl (C=O) groups is 2. The Morgan fingerprint density at radius 3 is 1.50 bits per heavy atom. The van der Waals surface area contributed by atoms with Crippen molar-refractivity contribution >= 4 is 74.5 Å². The molecule has 12 heteroatoms. The SMILES string of the molecule is CC.CC.CC.CC.CCC(=O)O.CCC(=O)O.CCCS(=O)(=O)c1ccc2sccc2c1.CCCS(=O)(=O)c1cccc2ccsc12. The van der Waals surface area contributed by atoms with Gasteiger partial charge in [0.15, 0.2) is 19.7 Å². The van der Waals surface area contributed by atoms with Crippen LogP contribution in [0.25, 0.3) is 20.2 Å². The van der Waals surface area contributed by atoms with Gasteiger partial charge in [-0.25, -0.2) is 16.8 Å². The number of thiophene rings is 2. The van der Waals surface area contributed by atoms with E-state index >= 15 is 0 Å². The van der Waals surface area contributed by atoms with Crippen molar-refractivity contribution in [2.45, 2.75) is 119 Å². The number of fused-ring (bicyclic) bond motifs is 2. The first-order valence-corrected chi connectivity index (χ1v) is 21.7. The molecule has 2 aromatic heterocycles. The molecule has 276 valence electrons. The maximum Gasteiger partial charge on any atom is 0.303 e. The van der Waals surface area contributed by atoms with Crippen LogP contribution in [0, 0.1) is 0 Å². The molecule has 0 aliphatic heterocycles. The Labute approximate surface area is 299 Å². The van der Waals surface area contributed by atoms with Gasteiger partial charge >= 0.3 is 11.9 Å². The minimum Gasteiger partial charge on any atom is -0.481 e. The summed E-state index contributed by atoms with van der Waals surface area (Å²) >= 11 is 3.11. The average molecular weight is 749 g/mol. The zero-order chi connectivity index (χ0) is 38.3. The Hall–Kier alpha value is -2.80. The molecule has 0 bridgehead atoms. The molecular formula is C36H60O8S4. The van der Waals surface area contributed by atoms with Crippen LogP contribution in [-0.4, -0.2) is 50.5 Å². The van der Waals surface area contributed by atoms with Gasteiger partial charge in [-0.3, -0.25) is 9.59 Å². The van der Waals surface area contributed by atoms with Crippen LogP contribution in [0.2, 0.25) is 0 Å². The van der Waals surface area contributed by atoms with Crippen molar-refractivity contribution in [3.63, 3.8) is 0 Å². The van der Waals surface area contributed by atoms with Crippen molar-refractivity contribution in [1.29, 1.82) is 0 Å². The lowest BCUT2D eigenvalue weighted by atomic mass is 10.3. The molecule has 0 aliphatic rings. The van der Waals surface area contributed by atoms with Gasteiger partial charge in [-0.2, -0.15) is 0 Å². The lowest BCUT2D eigenvalue weighted by Gasteiger charge is -2.03. The van der Waals surface area contributed by atoms with Crippen LogP contribution in [0.3, 0.4) is 0 Å². The second kappa shape index (κ2) is 31.5. The Morgan fingerprint density at radius 2 is 1.04 bits per heavy atom. The van der Waals surface area contributed by atoms with E-state index in [1.54, 1.807) is 49.4 Å². The van der Waals surface area contributed by atoms with Gasteiger partial charge in [-0.05, 0) is 70.8 Å². The molecule has 2 N–H and O–H groups in total. The number of benzene rings is 2. The Bertz CT molecular complexity index is 1570. The smallest absolute Gasteiger partial charge is 0.303 e. The second-order valence-corrected chi connectivity index (χ2v) is 14.4. The van der Waals surface area contributed by atoms with E-state index in [1.165, 1.54) is 11.3 Å². The van der Waals surface area contributed by atoms with Crippen molar-refractivity contribution in [2.75, 3.05) is 11.5 Å². The number of carboxylic acids is 2. The molecule has 0 saturated carbocycles. The van der Waals surface area contributed by atoms with E-state index in [-0.39, 0.29) is 24.3 Å². The van der Waals surface area contributed by atoms with Gasteiger partial charge < -0.3 is 10.2 Å². The Kier molecular flexibility index (Phi) is 34.1. The molecule has 0 atom stereocenters. The zero-order valence-corrected chi connectivity index (χ0v) is 34.3. The monoisotopic (exact) mass is 748 g/mol. The summed E-state index contributed by atoms with van der Waals surface area (Å²) in [6, 6.07) is 14.7. The fourth-order valence-corrected chi connectivity index (χ4v) is 8.02. The van der Waals surface area contributed by atoms with Crippen LogP contribution in [0.1, 0.15) is 109 Å². The summed E-state index contributed by atoms with van der Waals surface area (Å²) < 4.78 is 49.5. The van der Waals surface area contributed by atoms with Crippen LogP contribution in [0.15, 0.2) is 69.1 Å². The van der Waals surface area contributed by atoms with Gasteiger partial charge in [-0.15, -0.1) is 22.7 Å². The van der Waals surface area contributed by atoms with Gasteiger partial charge in [0, 0.05) is 17.5 Å². The Balaban J connectivity index is -0.000000273. The number of hydrogen-bond acceptors (Lipinski definition) is 8. The van der Waals surface area contributed by atoms with Crippen LogP contribution in [-0.2, 0) is 29.3 Å². The molecule has 2 aromatic carbocycles. The first-order chi connectivity index (χ1) is 22.8. The molecule has 0 fully saturated rings. The number of hydrogen-bond donors (Lipinski definition) is 2. The van der Waals surface area contributed by atoms with Crippen molar-refractivity contribution in [3.05, 3.63) is 59.3 Å². The normalized spacial score (nSPS) is 9.58. The highest BCUT2D eigenvalue weighted by molar-refractivity contribution is 7.92. The summed E-state index contributed by atoms with van der Waals surface area (Å²) in [5.74, 6) is -1.04. The highest BCUT2D eigenvalue weighted by Gasteiger charge is 2.16. The van der Waals surface area contributed by atoms with Crippen LogP contribution in [0.5, 0.6) is 0 Å². The fourth-order valence-electron chi connectivity index (χ4n) is 3.11. The fraction of sp³-hybridized carbons (Fsp3) is 0.500. The van der Waals surface area contributed by atoms with E-state index in [2.05, 4.69) is 0 Å².